The van der Waals surface area contributed by atoms with Gasteiger partial charge in [0.1, 0.15) is 5.75 Å². The maximum absolute atomic E-state index is 10.8. The number of aromatic nitrogens is 2. The summed E-state index contributed by atoms with van der Waals surface area (Å²) in [5.74, 6) is 0.485. The quantitative estimate of drug-likeness (QED) is 0.925. The Hall–Kier alpha value is -2.43. The number of carbonyl (C=O) groups is 1. The first-order chi connectivity index (χ1) is 9.51. The van der Waals surface area contributed by atoms with Gasteiger partial charge in [0.15, 0.2) is 5.82 Å². The highest BCUT2D eigenvalue weighted by atomic mass is 16.5. The molecule has 0 fully saturated rings. The van der Waals surface area contributed by atoms with Crippen LogP contribution in [0.4, 0.5) is 0 Å². The van der Waals surface area contributed by atoms with E-state index in [1.54, 1.807) is 21.0 Å². The fraction of sp³-hybridized carbons (Fsp3) is 0.267. The van der Waals surface area contributed by atoms with E-state index in [1.165, 1.54) is 0 Å². The van der Waals surface area contributed by atoms with Crippen molar-refractivity contribution in [3.05, 3.63) is 41.2 Å². The number of aryl methyl sites for hydroxylation is 2. The van der Waals surface area contributed by atoms with Crippen LogP contribution in [-0.2, 0) is 11.2 Å². The molecule has 1 aromatic heterocycles. The van der Waals surface area contributed by atoms with E-state index in [4.69, 9.17) is 9.84 Å². The zero-order valence-corrected chi connectivity index (χ0v) is 11.7. The van der Waals surface area contributed by atoms with E-state index in [1.807, 2.05) is 24.3 Å². The first-order valence-electron chi connectivity index (χ1n) is 6.21. The van der Waals surface area contributed by atoms with Crippen molar-refractivity contribution in [1.82, 2.24) is 9.97 Å². The van der Waals surface area contributed by atoms with Gasteiger partial charge in [-0.3, -0.25) is 4.79 Å². The molecule has 104 valence electrons. The summed E-state index contributed by atoms with van der Waals surface area (Å²) in [5, 5.41) is 8.89. The second kappa shape index (κ2) is 5.69. The maximum Gasteiger partial charge on any atom is 0.307 e. The standard InChI is InChI=1S/C15H16N2O3/c1-9-13(8-14(18)19)10(2)17-15(16-9)11-4-6-12(20-3)7-5-11/h4-7H,8H2,1-3H3,(H,18,19). The highest BCUT2D eigenvalue weighted by molar-refractivity contribution is 5.71. The van der Waals surface area contributed by atoms with E-state index in [0.29, 0.717) is 22.8 Å². The van der Waals surface area contributed by atoms with Crippen molar-refractivity contribution in [2.24, 2.45) is 0 Å². The molecular weight excluding hydrogens is 256 g/mol. The van der Waals surface area contributed by atoms with Gasteiger partial charge in [-0.15, -0.1) is 0 Å². The van der Waals surface area contributed by atoms with E-state index >= 15 is 0 Å². The van der Waals surface area contributed by atoms with E-state index in [0.717, 1.165) is 11.3 Å². The molecule has 1 heterocycles. The van der Waals surface area contributed by atoms with Crippen LogP contribution in [0.1, 0.15) is 17.0 Å². The second-order valence-corrected chi connectivity index (χ2v) is 4.50. The Bertz CT molecular complexity index is 613. The lowest BCUT2D eigenvalue weighted by molar-refractivity contribution is -0.136. The number of methoxy groups -OCH3 is 1. The van der Waals surface area contributed by atoms with Crippen molar-refractivity contribution in [2.45, 2.75) is 20.3 Å². The van der Waals surface area contributed by atoms with Crippen molar-refractivity contribution in [3.8, 4) is 17.1 Å². The van der Waals surface area contributed by atoms with Crippen LogP contribution in [0.25, 0.3) is 11.4 Å². The van der Waals surface area contributed by atoms with Gasteiger partial charge in [0.05, 0.1) is 13.5 Å². The summed E-state index contributed by atoms with van der Waals surface area (Å²) in [4.78, 5) is 19.6. The number of hydrogen-bond acceptors (Lipinski definition) is 4. The van der Waals surface area contributed by atoms with Crippen LogP contribution in [0.15, 0.2) is 24.3 Å². The minimum Gasteiger partial charge on any atom is -0.497 e. The van der Waals surface area contributed by atoms with E-state index in [9.17, 15) is 4.79 Å². The van der Waals surface area contributed by atoms with Crippen LogP contribution < -0.4 is 4.74 Å². The topological polar surface area (TPSA) is 72.3 Å². The smallest absolute Gasteiger partial charge is 0.307 e. The minimum atomic E-state index is -0.878. The third-order valence-corrected chi connectivity index (χ3v) is 3.10. The summed E-state index contributed by atoms with van der Waals surface area (Å²) in [5.41, 5.74) is 2.95. The molecule has 0 unspecified atom stereocenters. The predicted octanol–water partition coefficient (Wildman–Crippen LogP) is 2.40. The Morgan fingerprint density at radius 3 is 2.15 bits per heavy atom. The lowest BCUT2D eigenvalue weighted by atomic mass is 10.1. The van der Waals surface area contributed by atoms with E-state index in [2.05, 4.69) is 9.97 Å². The lowest BCUT2D eigenvalue weighted by Crippen LogP contribution is -2.08. The molecule has 0 aliphatic rings. The van der Waals surface area contributed by atoms with Crippen LogP contribution in [0.2, 0.25) is 0 Å². The Morgan fingerprint density at radius 2 is 1.70 bits per heavy atom. The highest BCUT2D eigenvalue weighted by Crippen LogP contribution is 2.21. The minimum absolute atomic E-state index is 0.0550. The maximum atomic E-state index is 10.8. The molecule has 0 bridgehead atoms. The summed E-state index contributed by atoms with van der Waals surface area (Å²) in [6.07, 6.45) is -0.0550. The monoisotopic (exact) mass is 272 g/mol. The highest BCUT2D eigenvalue weighted by Gasteiger charge is 2.12. The summed E-state index contributed by atoms with van der Waals surface area (Å²) >= 11 is 0. The fourth-order valence-corrected chi connectivity index (χ4v) is 2.02. The summed E-state index contributed by atoms with van der Waals surface area (Å²) in [6.45, 7) is 3.61. The Balaban J connectivity index is 2.40. The van der Waals surface area contributed by atoms with Crippen LogP contribution >= 0.6 is 0 Å². The van der Waals surface area contributed by atoms with Crippen molar-refractivity contribution in [1.29, 1.82) is 0 Å². The number of carboxylic acids is 1. The molecular formula is C15H16N2O3. The largest absolute Gasteiger partial charge is 0.497 e. The number of rotatable bonds is 4. The fourth-order valence-electron chi connectivity index (χ4n) is 2.02. The van der Waals surface area contributed by atoms with Crippen LogP contribution in [0.3, 0.4) is 0 Å². The number of hydrogen-bond donors (Lipinski definition) is 1. The number of benzene rings is 1. The number of ether oxygens (including phenoxy) is 1. The van der Waals surface area contributed by atoms with Crippen LogP contribution in [0.5, 0.6) is 5.75 Å². The first-order valence-corrected chi connectivity index (χ1v) is 6.21. The van der Waals surface area contributed by atoms with Gasteiger partial charge >= 0.3 is 5.97 Å². The summed E-state index contributed by atoms with van der Waals surface area (Å²) in [7, 11) is 1.61. The molecule has 0 aliphatic heterocycles. The number of aliphatic carboxylic acids is 1. The van der Waals surface area contributed by atoms with Crippen LogP contribution in [-0.4, -0.2) is 28.2 Å². The summed E-state index contributed by atoms with van der Waals surface area (Å²) < 4.78 is 5.11. The van der Waals surface area contributed by atoms with Gasteiger partial charge in [-0.2, -0.15) is 0 Å². The average Bonchev–Trinajstić information content (AvgIpc) is 2.42. The Labute approximate surface area is 117 Å². The molecule has 1 N–H and O–H groups in total. The molecule has 1 aromatic carbocycles. The molecule has 0 aliphatic carbocycles. The van der Waals surface area contributed by atoms with Gasteiger partial charge < -0.3 is 9.84 Å². The van der Waals surface area contributed by atoms with Crippen molar-refractivity contribution in [3.63, 3.8) is 0 Å². The molecule has 0 spiro atoms. The SMILES string of the molecule is COc1ccc(-c2nc(C)c(CC(=O)O)c(C)n2)cc1. The molecule has 5 heteroatoms. The molecule has 20 heavy (non-hydrogen) atoms. The Morgan fingerprint density at radius 1 is 1.15 bits per heavy atom. The first kappa shape index (κ1) is 14.0. The molecule has 0 radical (unpaired) electrons. The molecule has 2 rings (SSSR count). The second-order valence-electron chi connectivity index (χ2n) is 4.50. The molecule has 0 amide bonds. The van der Waals surface area contributed by atoms with Gasteiger partial charge in [-0.25, -0.2) is 9.97 Å². The van der Waals surface area contributed by atoms with Gasteiger partial charge in [0, 0.05) is 22.5 Å². The van der Waals surface area contributed by atoms with Gasteiger partial charge in [0.2, 0.25) is 0 Å². The zero-order chi connectivity index (χ0) is 14.7. The van der Waals surface area contributed by atoms with Gasteiger partial charge in [-0.1, -0.05) is 0 Å². The predicted molar refractivity (Wildman–Crippen MR) is 74.8 cm³/mol. The molecule has 5 nitrogen and oxygen atoms in total. The molecule has 0 saturated carbocycles. The van der Waals surface area contributed by atoms with Crippen molar-refractivity contribution < 1.29 is 14.6 Å². The third-order valence-electron chi connectivity index (χ3n) is 3.10. The third kappa shape index (κ3) is 2.93. The normalized spacial score (nSPS) is 10.3. The Kier molecular flexibility index (Phi) is 3.98. The molecule has 0 saturated heterocycles. The average molecular weight is 272 g/mol. The van der Waals surface area contributed by atoms with E-state index in [-0.39, 0.29) is 6.42 Å². The zero-order valence-electron chi connectivity index (χ0n) is 11.7. The van der Waals surface area contributed by atoms with Crippen molar-refractivity contribution >= 4 is 5.97 Å². The van der Waals surface area contributed by atoms with Crippen LogP contribution in [0, 0.1) is 13.8 Å². The summed E-state index contributed by atoms with van der Waals surface area (Å²) in [6, 6.07) is 7.44. The van der Waals surface area contributed by atoms with E-state index < -0.39 is 5.97 Å². The molecule has 0 atom stereocenters. The van der Waals surface area contributed by atoms with Crippen molar-refractivity contribution in [2.75, 3.05) is 7.11 Å². The van der Waals surface area contributed by atoms with Gasteiger partial charge in [-0.05, 0) is 38.1 Å². The lowest BCUT2D eigenvalue weighted by Gasteiger charge is -2.09. The van der Waals surface area contributed by atoms with Gasteiger partial charge in [0.25, 0.3) is 0 Å². The number of nitrogens with zero attached hydrogens (tertiary/aromatic N) is 2. The molecule has 2 aromatic rings. The number of carboxylic acid groups (broad SMARTS) is 1.